The first-order valence-corrected chi connectivity index (χ1v) is 6.57. The van der Waals surface area contributed by atoms with Gasteiger partial charge in [-0.05, 0) is 37.1 Å². The first-order valence-electron chi connectivity index (χ1n) is 6.19. The van der Waals surface area contributed by atoms with Crippen LogP contribution in [0.4, 0.5) is 17.5 Å². The predicted octanol–water partition coefficient (Wildman–Crippen LogP) is 4.10. The average Bonchev–Trinajstić information content (AvgIpc) is 2.35. The number of hydrogen-bond donors (Lipinski definition) is 2. The zero-order chi connectivity index (χ0) is 14.4. The first kappa shape index (κ1) is 15.2. The lowest BCUT2D eigenvalue weighted by molar-refractivity contribution is 1.18. The fourth-order valence-corrected chi connectivity index (χ4v) is 1.66. The zero-order valence-electron chi connectivity index (χ0n) is 11.7. The van der Waals surface area contributed by atoms with Gasteiger partial charge < -0.3 is 11.1 Å². The molecule has 102 valence electrons. The molecule has 0 radical (unpaired) electrons. The van der Waals surface area contributed by atoms with Crippen molar-refractivity contribution in [1.29, 1.82) is 0 Å². The van der Waals surface area contributed by atoms with Crippen LogP contribution in [0.3, 0.4) is 0 Å². The van der Waals surface area contributed by atoms with Gasteiger partial charge in [0.25, 0.3) is 0 Å². The average molecular weight is 279 g/mol. The van der Waals surface area contributed by atoms with Crippen LogP contribution in [0.25, 0.3) is 0 Å². The Morgan fingerprint density at radius 1 is 1.05 bits per heavy atom. The van der Waals surface area contributed by atoms with Crippen LogP contribution in [0.1, 0.15) is 25.0 Å². The van der Waals surface area contributed by atoms with Crippen molar-refractivity contribution in [2.24, 2.45) is 0 Å². The van der Waals surface area contributed by atoms with E-state index in [1.165, 1.54) is 11.1 Å². The maximum atomic E-state index is 5.80. The molecule has 0 bridgehead atoms. The summed E-state index contributed by atoms with van der Waals surface area (Å²) in [4.78, 5) is 7.85. The Morgan fingerprint density at radius 2 is 1.74 bits per heavy atom. The summed E-state index contributed by atoms with van der Waals surface area (Å²) in [6, 6.07) is 7.70. The van der Waals surface area contributed by atoms with Crippen molar-refractivity contribution in [2.45, 2.75) is 27.7 Å². The van der Waals surface area contributed by atoms with E-state index in [-0.39, 0.29) is 5.95 Å². The van der Waals surface area contributed by atoms with E-state index in [9.17, 15) is 0 Å². The van der Waals surface area contributed by atoms with E-state index in [0.29, 0.717) is 11.0 Å². The second-order valence-corrected chi connectivity index (χ2v) is 4.25. The maximum absolute atomic E-state index is 5.80. The minimum Gasteiger partial charge on any atom is -0.368 e. The number of nitrogens with one attached hydrogen (secondary N) is 1. The van der Waals surface area contributed by atoms with Crippen LogP contribution < -0.4 is 11.1 Å². The van der Waals surface area contributed by atoms with Crippen LogP contribution in [0.15, 0.2) is 24.3 Å². The van der Waals surface area contributed by atoms with E-state index >= 15 is 0 Å². The molecular formula is C14H19ClN4. The molecule has 19 heavy (non-hydrogen) atoms. The molecule has 2 aromatic rings. The maximum Gasteiger partial charge on any atom is 0.223 e. The number of hydrogen-bond acceptors (Lipinski definition) is 4. The smallest absolute Gasteiger partial charge is 0.223 e. The summed E-state index contributed by atoms with van der Waals surface area (Å²) in [5.41, 5.74) is 8.92. The van der Waals surface area contributed by atoms with Crippen LogP contribution in [0.5, 0.6) is 0 Å². The lowest BCUT2D eigenvalue weighted by Crippen LogP contribution is -2.00. The second-order valence-electron chi connectivity index (χ2n) is 3.86. The predicted molar refractivity (Wildman–Crippen MR) is 82.0 cm³/mol. The van der Waals surface area contributed by atoms with Gasteiger partial charge in [0, 0.05) is 11.8 Å². The Kier molecular flexibility index (Phi) is 5.57. The minimum atomic E-state index is 0.156. The van der Waals surface area contributed by atoms with Gasteiger partial charge >= 0.3 is 0 Å². The van der Waals surface area contributed by atoms with E-state index in [0.717, 1.165) is 5.69 Å². The van der Waals surface area contributed by atoms with E-state index in [1.54, 1.807) is 6.07 Å². The molecule has 0 aliphatic rings. The highest BCUT2D eigenvalue weighted by molar-refractivity contribution is 6.29. The SMILES string of the molecule is CC.Cc1ccc(Nc2cc(Cl)nc(N)n2)cc1C. The van der Waals surface area contributed by atoms with Crippen molar-refractivity contribution in [3.05, 3.63) is 40.5 Å². The zero-order valence-corrected chi connectivity index (χ0v) is 12.4. The molecule has 0 aliphatic heterocycles. The summed E-state index contributed by atoms with van der Waals surface area (Å²) in [7, 11) is 0. The van der Waals surface area contributed by atoms with Gasteiger partial charge in [-0.3, -0.25) is 0 Å². The summed E-state index contributed by atoms with van der Waals surface area (Å²) >= 11 is 5.80. The van der Waals surface area contributed by atoms with Crippen molar-refractivity contribution < 1.29 is 0 Å². The number of nitrogen functional groups attached to an aromatic ring is 1. The Hall–Kier alpha value is -1.81. The molecule has 2 rings (SSSR count). The van der Waals surface area contributed by atoms with Crippen LogP contribution in [-0.2, 0) is 0 Å². The molecule has 0 unspecified atom stereocenters. The van der Waals surface area contributed by atoms with E-state index < -0.39 is 0 Å². The number of nitrogens with zero attached hydrogens (tertiary/aromatic N) is 2. The van der Waals surface area contributed by atoms with E-state index in [1.807, 2.05) is 32.0 Å². The molecule has 1 aromatic heterocycles. The van der Waals surface area contributed by atoms with Gasteiger partial charge in [-0.15, -0.1) is 0 Å². The van der Waals surface area contributed by atoms with Gasteiger partial charge in [0.1, 0.15) is 11.0 Å². The molecule has 4 nitrogen and oxygen atoms in total. The monoisotopic (exact) mass is 278 g/mol. The van der Waals surface area contributed by atoms with Crippen molar-refractivity contribution in [1.82, 2.24) is 9.97 Å². The third-order valence-corrected chi connectivity index (χ3v) is 2.69. The number of halogens is 1. The van der Waals surface area contributed by atoms with Crippen LogP contribution >= 0.6 is 11.6 Å². The molecule has 0 aliphatic carbocycles. The number of anilines is 3. The highest BCUT2D eigenvalue weighted by Gasteiger charge is 2.02. The van der Waals surface area contributed by atoms with Gasteiger partial charge in [-0.1, -0.05) is 31.5 Å². The van der Waals surface area contributed by atoms with Crippen LogP contribution in [0.2, 0.25) is 5.15 Å². The molecule has 0 fully saturated rings. The van der Waals surface area contributed by atoms with Crippen molar-refractivity contribution in [2.75, 3.05) is 11.1 Å². The number of aromatic nitrogens is 2. The normalized spacial score (nSPS) is 9.53. The fraction of sp³-hybridized carbons (Fsp3) is 0.286. The van der Waals surface area contributed by atoms with Crippen molar-refractivity contribution in [3.63, 3.8) is 0 Å². The van der Waals surface area contributed by atoms with Gasteiger partial charge in [0.05, 0.1) is 0 Å². The van der Waals surface area contributed by atoms with E-state index in [2.05, 4.69) is 29.1 Å². The summed E-state index contributed by atoms with van der Waals surface area (Å²) in [6.45, 7) is 8.13. The quantitative estimate of drug-likeness (QED) is 0.812. The molecule has 0 saturated heterocycles. The molecule has 3 N–H and O–H groups in total. The Bertz CT molecular complexity index is 535. The number of rotatable bonds is 2. The third kappa shape index (κ3) is 4.41. The fourth-order valence-electron chi connectivity index (χ4n) is 1.47. The molecule has 1 aromatic carbocycles. The number of nitrogens with two attached hydrogens (primary N) is 1. The summed E-state index contributed by atoms with van der Waals surface area (Å²) in [6.07, 6.45) is 0. The molecule has 1 heterocycles. The molecule has 0 saturated carbocycles. The summed E-state index contributed by atoms with van der Waals surface area (Å²) < 4.78 is 0. The van der Waals surface area contributed by atoms with Gasteiger partial charge in [0.15, 0.2) is 0 Å². The van der Waals surface area contributed by atoms with E-state index in [4.69, 9.17) is 17.3 Å². The lowest BCUT2D eigenvalue weighted by atomic mass is 10.1. The van der Waals surface area contributed by atoms with Gasteiger partial charge in [0.2, 0.25) is 5.95 Å². The molecular weight excluding hydrogens is 260 g/mol. The second kappa shape index (κ2) is 6.95. The molecule has 0 atom stereocenters. The first-order chi connectivity index (χ1) is 9.04. The van der Waals surface area contributed by atoms with Crippen LogP contribution in [-0.4, -0.2) is 9.97 Å². The third-order valence-electron chi connectivity index (χ3n) is 2.49. The van der Waals surface area contributed by atoms with Gasteiger partial charge in [-0.25, -0.2) is 4.98 Å². The largest absolute Gasteiger partial charge is 0.368 e. The van der Waals surface area contributed by atoms with Crippen molar-refractivity contribution >= 4 is 29.1 Å². The number of aryl methyl sites for hydroxylation is 2. The summed E-state index contributed by atoms with van der Waals surface area (Å²) in [5, 5.41) is 3.46. The van der Waals surface area contributed by atoms with Gasteiger partial charge in [-0.2, -0.15) is 4.98 Å². The topological polar surface area (TPSA) is 63.8 Å². The highest BCUT2D eigenvalue weighted by atomic mass is 35.5. The Labute approximate surface area is 119 Å². The van der Waals surface area contributed by atoms with Crippen molar-refractivity contribution in [3.8, 4) is 0 Å². The molecule has 0 spiro atoms. The minimum absolute atomic E-state index is 0.156. The van der Waals surface area contributed by atoms with Crippen LogP contribution in [0, 0.1) is 13.8 Å². The molecule has 5 heteroatoms. The Balaban J connectivity index is 0.000000861. The highest BCUT2D eigenvalue weighted by Crippen LogP contribution is 2.20. The Morgan fingerprint density at radius 3 is 2.32 bits per heavy atom. The molecule has 0 amide bonds. The number of benzene rings is 1. The summed E-state index contributed by atoms with van der Waals surface area (Å²) in [5.74, 6) is 0.745. The lowest BCUT2D eigenvalue weighted by Gasteiger charge is -2.08. The standard InChI is InChI=1S/C12H13ClN4.C2H6/c1-7-3-4-9(5-8(7)2)15-11-6-10(13)16-12(14)17-11;1-2/h3-6H,1-2H3,(H3,14,15,16,17);1-2H3.